The van der Waals surface area contributed by atoms with Gasteiger partial charge in [0.15, 0.2) is 0 Å². The van der Waals surface area contributed by atoms with E-state index >= 15 is 0 Å². The summed E-state index contributed by atoms with van der Waals surface area (Å²) in [5.74, 6) is -2.05. The van der Waals surface area contributed by atoms with Crippen LogP contribution in [0.2, 0.25) is 0 Å². The summed E-state index contributed by atoms with van der Waals surface area (Å²) in [5, 5.41) is 2.72. The molecule has 0 spiro atoms. The van der Waals surface area contributed by atoms with E-state index in [9.17, 15) is 18.0 Å². The number of benzene rings is 2. The van der Waals surface area contributed by atoms with Crippen LogP contribution in [0, 0.1) is 17.5 Å². The maximum atomic E-state index is 13.5. The zero-order valence-electron chi connectivity index (χ0n) is 15.4. The molecule has 1 N–H and O–H groups in total. The van der Waals surface area contributed by atoms with E-state index in [2.05, 4.69) is 15.1 Å². The van der Waals surface area contributed by atoms with E-state index in [4.69, 9.17) is 0 Å². The minimum atomic E-state index is -0.705. The largest absolute Gasteiger partial charge is 0.369 e. The first-order valence-electron chi connectivity index (χ1n) is 9.16. The van der Waals surface area contributed by atoms with Crippen LogP contribution in [0.1, 0.15) is 5.56 Å². The van der Waals surface area contributed by atoms with E-state index in [1.165, 1.54) is 18.2 Å². The highest BCUT2D eigenvalue weighted by molar-refractivity contribution is 5.91. The van der Waals surface area contributed by atoms with Crippen LogP contribution in [0.3, 0.4) is 0 Å². The molecule has 1 amide bonds. The van der Waals surface area contributed by atoms with Crippen molar-refractivity contribution in [2.45, 2.75) is 0 Å². The Kier molecular flexibility index (Phi) is 6.71. The lowest BCUT2D eigenvalue weighted by Gasteiger charge is -2.36. The summed E-state index contributed by atoms with van der Waals surface area (Å²) in [5.41, 5.74) is 0.773. The third-order valence-electron chi connectivity index (χ3n) is 4.69. The van der Waals surface area contributed by atoms with E-state index in [0.717, 1.165) is 56.2 Å². The SMILES string of the molecule is O=C(/C=C/c1c(F)cccc1F)NCCN1CCN(c2ccc(F)cc2)CC1. The molecule has 1 aliphatic heterocycles. The third-order valence-corrected chi connectivity index (χ3v) is 4.69. The summed E-state index contributed by atoms with van der Waals surface area (Å²) in [6, 6.07) is 10.0. The van der Waals surface area contributed by atoms with Crippen LogP contribution in [0.15, 0.2) is 48.5 Å². The molecule has 0 unspecified atom stereocenters. The number of carbonyl (C=O) groups excluding carboxylic acids is 1. The summed E-state index contributed by atoms with van der Waals surface area (Å²) in [6.07, 6.45) is 2.27. The topological polar surface area (TPSA) is 35.6 Å². The van der Waals surface area contributed by atoms with Crippen molar-refractivity contribution in [1.29, 1.82) is 0 Å². The molecule has 0 saturated carbocycles. The average Bonchev–Trinajstić information content (AvgIpc) is 2.69. The Morgan fingerprint density at radius 1 is 0.964 bits per heavy atom. The van der Waals surface area contributed by atoms with Gasteiger partial charge in [0.1, 0.15) is 17.5 Å². The van der Waals surface area contributed by atoms with Crippen LogP contribution < -0.4 is 10.2 Å². The molecule has 1 fully saturated rings. The Labute approximate surface area is 162 Å². The fourth-order valence-electron chi connectivity index (χ4n) is 3.11. The highest BCUT2D eigenvalue weighted by atomic mass is 19.1. The predicted octanol–water partition coefficient (Wildman–Crippen LogP) is 3.06. The molecule has 28 heavy (non-hydrogen) atoms. The maximum absolute atomic E-state index is 13.5. The van der Waals surface area contributed by atoms with E-state index in [-0.39, 0.29) is 11.4 Å². The molecule has 1 heterocycles. The summed E-state index contributed by atoms with van der Waals surface area (Å²) >= 11 is 0. The van der Waals surface area contributed by atoms with Gasteiger partial charge in [-0.05, 0) is 42.5 Å². The molecule has 3 rings (SSSR count). The highest BCUT2D eigenvalue weighted by Crippen LogP contribution is 2.17. The van der Waals surface area contributed by atoms with E-state index in [1.54, 1.807) is 12.1 Å². The van der Waals surface area contributed by atoms with Gasteiger partial charge in [-0.25, -0.2) is 13.2 Å². The first-order chi connectivity index (χ1) is 13.5. The predicted molar refractivity (Wildman–Crippen MR) is 103 cm³/mol. The molecule has 0 atom stereocenters. The third kappa shape index (κ3) is 5.36. The van der Waals surface area contributed by atoms with Gasteiger partial charge in [0, 0.05) is 56.6 Å². The average molecular weight is 389 g/mol. The lowest BCUT2D eigenvalue weighted by Crippen LogP contribution is -2.48. The Bertz CT molecular complexity index is 811. The quantitative estimate of drug-likeness (QED) is 0.772. The Morgan fingerprint density at radius 2 is 1.61 bits per heavy atom. The van der Waals surface area contributed by atoms with Gasteiger partial charge in [0.25, 0.3) is 0 Å². The molecule has 0 aromatic heterocycles. The molecule has 2 aromatic carbocycles. The molecule has 0 bridgehead atoms. The zero-order chi connectivity index (χ0) is 19.9. The van der Waals surface area contributed by atoms with Gasteiger partial charge < -0.3 is 10.2 Å². The summed E-state index contributed by atoms with van der Waals surface area (Å²) < 4.78 is 40.0. The zero-order valence-corrected chi connectivity index (χ0v) is 15.4. The molecular weight excluding hydrogens is 367 g/mol. The number of rotatable bonds is 6. The monoisotopic (exact) mass is 389 g/mol. The highest BCUT2D eigenvalue weighted by Gasteiger charge is 2.17. The summed E-state index contributed by atoms with van der Waals surface area (Å²) in [6.45, 7) is 4.45. The van der Waals surface area contributed by atoms with E-state index < -0.39 is 17.5 Å². The van der Waals surface area contributed by atoms with E-state index in [0.29, 0.717) is 13.1 Å². The Hall–Kier alpha value is -2.80. The number of nitrogens with one attached hydrogen (secondary N) is 1. The van der Waals surface area contributed by atoms with Crippen molar-refractivity contribution in [3.63, 3.8) is 0 Å². The van der Waals surface area contributed by atoms with Crippen LogP contribution in [-0.4, -0.2) is 50.1 Å². The molecule has 2 aromatic rings. The number of halogens is 3. The fourth-order valence-corrected chi connectivity index (χ4v) is 3.11. The van der Waals surface area contributed by atoms with Gasteiger partial charge in [-0.1, -0.05) is 6.07 Å². The van der Waals surface area contributed by atoms with Gasteiger partial charge >= 0.3 is 0 Å². The van der Waals surface area contributed by atoms with Gasteiger partial charge in [-0.2, -0.15) is 0 Å². The van der Waals surface area contributed by atoms with Crippen LogP contribution in [-0.2, 0) is 4.79 Å². The fraction of sp³-hybridized carbons (Fsp3) is 0.286. The van der Waals surface area contributed by atoms with Crippen LogP contribution >= 0.6 is 0 Å². The number of nitrogens with zero attached hydrogens (tertiary/aromatic N) is 2. The Balaban J connectivity index is 1.39. The number of anilines is 1. The molecular formula is C21H22F3N3O. The smallest absolute Gasteiger partial charge is 0.244 e. The Morgan fingerprint density at radius 3 is 2.25 bits per heavy atom. The minimum absolute atomic E-state index is 0.227. The van der Waals surface area contributed by atoms with Gasteiger partial charge in [-0.3, -0.25) is 9.69 Å². The normalized spacial score (nSPS) is 15.2. The van der Waals surface area contributed by atoms with Crippen LogP contribution in [0.5, 0.6) is 0 Å². The summed E-state index contributed by atoms with van der Waals surface area (Å²) in [7, 11) is 0. The number of hydrogen-bond donors (Lipinski definition) is 1. The van der Waals surface area contributed by atoms with Crippen LogP contribution in [0.4, 0.5) is 18.9 Å². The first kappa shape index (κ1) is 19.9. The first-order valence-corrected chi connectivity index (χ1v) is 9.16. The van der Waals surface area contributed by atoms with E-state index in [1.807, 2.05) is 0 Å². The van der Waals surface area contributed by atoms with Crippen molar-refractivity contribution in [3.8, 4) is 0 Å². The second-order valence-electron chi connectivity index (χ2n) is 6.56. The van der Waals surface area contributed by atoms with Crippen molar-refractivity contribution in [2.75, 3.05) is 44.2 Å². The molecule has 148 valence electrons. The van der Waals surface area contributed by atoms with Crippen LogP contribution in [0.25, 0.3) is 6.08 Å². The number of amides is 1. The number of hydrogen-bond acceptors (Lipinski definition) is 3. The lowest BCUT2D eigenvalue weighted by molar-refractivity contribution is -0.116. The standard InChI is InChI=1S/C21H22F3N3O/c22-16-4-6-17(7-5-16)27-14-12-26(13-15-27)11-10-25-21(28)9-8-18-19(23)2-1-3-20(18)24/h1-9H,10-15H2,(H,25,28)/b9-8+. The van der Waals surface area contributed by atoms with Gasteiger partial charge in [-0.15, -0.1) is 0 Å². The number of carbonyl (C=O) groups is 1. The molecule has 4 nitrogen and oxygen atoms in total. The van der Waals surface area contributed by atoms with Gasteiger partial charge in [0.05, 0.1) is 0 Å². The lowest BCUT2D eigenvalue weighted by atomic mass is 10.2. The van der Waals surface area contributed by atoms with Gasteiger partial charge in [0.2, 0.25) is 5.91 Å². The minimum Gasteiger partial charge on any atom is -0.369 e. The van der Waals surface area contributed by atoms with Crippen molar-refractivity contribution in [3.05, 3.63) is 71.6 Å². The van der Waals surface area contributed by atoms with Crippen molar-refractivity contribution in [1.82, 2.24) is 10.2 Å². The van der Waals surface area contributed by atoms with Crippen molar-refractivity contribution >= 4 is 17.7 Å². The molecule has 1 saturated heterocycles. The molecule has 7 heteroatoms. The number of piperazine rings is 1. The maximum Gasteiger partial charge on any atom is 0.244 e. The van der Waals surface area contributed by atoms with Crippen molar-refractivity contribution in [2.24, 2.45) is 0 Å². The molecule has 1 aliphatic rings. The summed E-state index contributed by atoms with van der Waals surface area (Å²) in [4.78, 5) is 16.3. The second-order valence-corrected chi connectivity index (χ2v) is 6.56. The molecule has 0 aliphatic carbocycles. The second kappa shape index (κ2) is 9.41. The molecule has 0 radical (unpaired) electrons. The van der Waals surface area contributed by atoms with Crippen molar-refractivity contribution < 1.29 is 18.0 Å².